The van der Waals surface area contributed by atoms with E-state index in [2.05, 4.69) is 26.8 Å². The second-order valence-corrected chi connectivity index (χ2v) is 5.76. The largest absolute Gasteiger partial charge is 0.198 e. The molecule has 2 saturated carbocycles. The van der Waals surface area contributed by atoms with Crippen molar-refractivity contribution in [2.45, 2.75) is 46.5 Å². The van der Waals surface area contributed by atoms with Gasteiger partial charge < -0.3 is 0 Å². The summed E-state index contributed by atoms with van der Waals surface area (Å²) in [7, 11) is 0. The molecule has 0 saturated heterocycles. The summed E-state index contributed by atoms with van der Waals surface area (Å²) in [6.07, 6.45) is 5.10. The van der Waals surface area contributed by atoms with E-state index in [9.17, 15) is 0 Å². The Hall–Kier alpha value is -0.510. The third-order valence-corrected chi connectivity index (χ3v) is 4.65. The summed E-state index contributed by atoms with van der Waals surface area (Å²) < 4.78 is 0. The molecule has 3 unspecified atom stereocenters. The minimum absolute atomic E-state index is 0.339. The van der Waals surface area contributed by atoms with E-state index in [-0.39, 0.29) is 0 Å². The van der Waals surface area contributed by atoms with Gasteiger partial charge in [0, 0.05) is 0 Å². The molecular formula is C12H19N. The highest BCUT2D eigenvalue weighted by Gasteiger charge is 2.58. The maximum absolute atomic E-state index is 9.17. The number of nitrogens with zero attached hydrogens (tertiary/aromatic N) is 1. The Morgan fingerprint density at radius 1 is 1.38 bits per heavy atom. The number of fused-ring (bicyclic) bond motifs is 2. The van der Waals surface area contributed by atoms with E-state index in [1.807, 2.05) is 0 Å². The molecule has 0 aromatic carbocycles. The Morgan fingerprint density at radius 2 is 2.08 bits per heavy atom. The van der Waals surface area contributed by atoms with Gasteiger partial charge in [0.25, 0.3) is 0 Å². The second-order valence-electron chi connectivity index (χ2n) is 5.76. The van der Waals surface area contributed by atoms with E-state index < -0.39 is 0 Å². The standard InChI is InChI=1S/C12H19N/c1-9(2)12-5-4-11(3,8-12)6-10(12)7-13/h9-10H,4-6,8H2,1-3H3. The second kappa shape index (κ2) is 2.50. The molecule has 13 heavy (non-hydrogen) atoms. The quantitative estimate of drug-likeness (QED) is 0.602. The molecule has 72 valence electrons. The topological polar surface area (TPSA) is 23.8 Å². The summed E-state index contributed by atoms with van der Waals surface area (Å²) in [5.41, 5.74) is 0.883. The Labute approximate surface area is 81.1 Å². The number of nitriles is 1. The highest BCUT2D eigenvalue weighted by molar-refractivity contribution is 5.14. The SMILES string of the molecule is CC(C)C12CCC(C)(CC1C#N)C2. The molecule has 0 aliphatic heterocycles. The van der Waals surface area contributed by atoms with Crippen LogP contribution >= 0.6 is 0 Å². The summed E-state index contributed by atoms with van der Waals surface area (Å²) >= 11 is 0. The molecule has 2 aliphatic rings. The maximum atomic E-state index is 9.17. The number of hydrogen-bond acceptors (Lipinski definition) is 1. The van der Waals surface area contributed by atoms with E-state index >= 15 is 0 Å². The normalized spacial score (nSPS) is 48.4. The van der Waals surface area contributed by atoms with Crippen LogP contribution in [-0.4, -0.2) is 0 Å². The lowest BCUT2D eigenvalue weighted by atomic mass is 9.68. The van der Waals surface area contributed by atoms with Gasteiger partial charge in [-0.1, -0.05) is 20.8 Å². The zero-order valence-corrected chi connectivity index (χ0v) is 8.93. The smallest absolute Gasteiger partial charge is 0.0661 e. The fourth-order valence-electron chi connectivity index (χ4n) is 3.74. The third kappa shape index (κ3) is 1.04. The predicted molar refractivity (Wildman–Crippen MR) is 52.9 cm³/mol. The molecule has 0 spiro atoms. The summed E-state index contributed by atoms with van der Waals surface area (Å²) in [6.45, 7) is 6.96. The first-order valence-electron chi connectivity index (χ1n) is 5.42. The van der Waals surface area contributed by atoms with Crippen molar-refractivity contribution in [3.8, 4) is 6.07 Å². The van der Waals surface area contributed by atoms with Gasteiger partial charge in [0.2, 0.25) is 0 Å². The zero-order chi connectivity index (χ0) is 9.69. The van der Waals surface area contributed by atoms with Crippen molar-refractivity contribution >= 4 is 0 Å². The number of rotatable bonds is 1. The van der Waals surface area contributed by atoms with Gasteiger partial charge in [-0.25, -0.2) is 0 Å². The molecule has 2 bridgehead atoms. The Balaban J connectivity index is 2.33. The summed E-state index contributed by atoms with van der Waals surface area (Å²) in [6, 6.07) is 2.54. The van der Waals surface area contributed by atoms with Crippen molar-refractivity contribution in [3.05, 3.63) is 0 Å². The van der Waals surface area contributed by atoms with Gasteiger partial charge in [-0.05, 0) is 42.4 Å². The molecule has 2 rings (SSSR count). The van der Waals surface area contributed by atoms with E-state index in [0.29, 0.717) is 22.7 Å². The van der Waals surface area contributed by atoms with Crippen molar-refractivity contribution in [3.63, 3.8) is 0 Å². The fraction of sp³-hybridized carbons (Fsp3) is 0.917. The average molecular weight is 177 g/mol. The van der Waals surface area contributed by atoms with Crippen LogP contribution in [0.25, 0.3) is 0 Å². The number of hydrogen-bond donors (Lipinski definition) is 0. The molecule has 0 radical (unpaired) electrons. The molecule has 1 heteroatoms. The summed E-state index contributed by atoms with van der Waals surface area (Å²) in [5, 5.41) is 9.17. The first-order chi connectivity index (χ1) is 6.02. The minimum atomic E-state index is 0.339. The van der Waals surface area contributed by atoms with Crippen LogP contribution in [0.5, 0.6) is 0 Å². The van der Waals surface area contributed by atoms with Crippen LogP contribution in [0.15, 0.2) is 0 Å². The third-order valence-electron chi connectivity index (χ3n) is 4.65. The molecule has 0 aromatic rings. The molecule has 3 atom stereocenters. The van der Waals surface area contributed by atoms with E-state index in [4.69, 9.17) is 5.26 Å². The van der Waals surface area contributed by atoms with Gasteiger partial charge >= 0.3 is 0 Å². The van der Waals surface area contributed by atoms with Gasteiger partial charge in [0.05, 0.1) is 12.0 Å². The maximum Gasteiger partial charge on any atom is 0.0661 e. The highest BCUT2D eigenvalue weighted by Crippen LogP contribution is 2.66. The molecule has 0 N–H and O–H groups in total. The monoisotopic (exact) mass is 177 g/mol. The van der Waals surface area contributed by atoms with Crippen molar-refractivity contribution in [2.75, 3.05) is 0 Å². The van der Waals surface area contributed by atoms with Crippen LogP contribution in [-0.2, 0) is 0 Å². The molecule has 0 aromatic heterocycles. The van der Waals surface area contributed by atoms with Crippen LogP contribution in [0.1, 0.15) is 46.5 Å². The lowest BCUT2D eigenvalue weighted by molar-refractivity contribution is 0.150. The first kappa shape index (κ1) is 9.06. The highest BCUT2D eigenvalue weighted by atomic mass is 14.6. The van der Waals surface area contributed by atoms with Crippen LogP contribution in [0.4, 0.5) is 0 Å². The molecule has 2 fully saturated rings. The minimum Gasteiger partial charge on any atom is -0.198 e. The van der Waals surface area contributed by atoms with Gasteiger partial charge in [-0.15, -0.1) is 0 Å². The lowest BCUT2D eigenvalue weighted by Gasteiger charge is -2.35. The Bertz CT molecular complexity index is 263. The van der Waals surface area contributed by atoms with Gasteiger partial charge in [0.1, 0.15) is 0 Å². The zero-order valence-electron chi connectivity index (χ0n) is 8.93. The van der Waals surface area contributed by atoms with Crippen molar-refractivity contribution in [1.82, 2.24) is 0 Å². The molecular weight excluding hydrogens is 158 g/mol. The fourth-order valence-corrected chi connectivity index (χ4v) is 3.74. The van der Waals surface area contributed by atoms with Gasteiger partial charge in [-0.3, -0.25) is 0 Å². The molecule has 2 aliphatic carbocycles. The molecule has 0 heterocycles. The van der Waals surface area contributed by atoms with Crippen LogP contribution in [0.3, 0.4) is 0 Å². The summed E-state index contributed by atoms with van der Waals surface area (Å²) in [4.78, 5) is 0. The van der Waals surface area contributed by atoms with Crippen LogP contribution < -0.4 is 0 Å². The molecule has 1 nitrogen and oxygen atoms in total. The average Bonchev–Trinajstić information content (AvgIpc) is 2.55. The van der Waals surface area contributed by atoms with Crippen molar-refractivity contribution < 1.29 is 0 Å². The molecule has 0 amide bonds. The van der Waals surface area contributed by atoms with Gasteiger partial charge in [-0.2, -0.15) is 5.26 Å². The van der Waals surface area contributed by atoms with Crippen LogP contribution in [0, 0.1) is 34.0 Å². The van der Waals surface area contributed by atoms with Gasteiger partial charge in [0.15, 0.2) is 0 Å². The van der Waals surface area contributed by atoms with E-state index in [1.165, 1.54) is 19.3 Å². The Kier molecular flexibility index (Phi) is 1.74. The van der Waals surface area contributed by atoms with Crippen molar-refractivity contribution in [2.24, 2.45) is 22.7 Å². The summed E-state index contributed by atoms with van der Waals surface area (Å²) in [5.74, 6) is 1.02. The first-order valence-corrected chi connectivity index (χ1v) is 5.42. The lowest BCUT2D eigenvalue weighted by Crippen LogP contribution is -2.30. The Morgan fingerprint density at radius 3 is 2.46 bits per heavy atom. The van der Waals surface area contributed by atoms with Crippen LogP contribution in [0.2, 0.25) is 0 Å². The predicted octanol–water partition coefficient (Wildman–Crippen LogP) is 3.36. The van der Waals surface area contributed by atoms with E-state index in [0.717, 1.165) is 6.42 Å². The van der Waals surface area contributed by atoms with E-state index in [1.54, 1.807) is 0 Å². The van der Waals surface area contributed by atoms with Crippen molar-refractivity contribution in [1.29, 1.82) is 5.26 Å².